The maximum Gasteiger partial charge on any atom is 0 e. The summed E-state index contributed by atoms with van der Waals surface area (Å²) in [4.78, 5) is 0. The van der Waals surface area contributed by atoms with Crippen molar-refractivity contribution in [1.82, 2.24) is 0 Å². The molecule has 0 heterocycles. The topological polar surface area (TPSA) is 57.5 Å². The van der Waals surface area contributed by atoms with Crippen molar-refractivity contribution >= 4 is 20.4 Å². The monoisotopic (exact) mass is 294 g/mol. The van der Waals surface area contributed by atoms with E-state index in [9.17, 15) is 0 Å². The van der Waals surface area contributed by atoms with Crippen LogP contribution in [-0.2, 0) is 30.4 Å². The Morgan fingerprint density at radius 3 is 1.40 bits per heavy atom. The minimum atomic E-state index is -3.61. The van der Waals surface area contributed by atoms with Crippen molar-refractivity contribution < 1.29 is 37.3 Å². The van der Waals surface area contributed by atoms with Crippen molar-refractivity contribution in [2.75, 3.05) is 0 Å². The first-order chi connectivity index (χ1) is 1.73. The second-order valence-electron chi connectivity index (χ2n) is 0.231. The summed E-state index contributed by atoms with van der Waals surface area (Å²) in [6.07, 6.45) is 0. The largest absolute Gasteiger partial charge is 0 e. The second kappa shape index (κ2) is 5.43. The average molecular weight is 290 g/mol. The third kappa shape index (κ3) is 31.2. The SMILES string of the molecule is O=[Te](O)O.[Cd]. The molecule has 0 aromatic carbocycles. The molecule has 0 saturated heterocycles. The fraction of sp³-hybridized carbons (Fsp3) is 0. The van der Waals surface area contributed by atoms with Gasteiger partial charge in [-0.05, 0) is 0 Å². The smallest absolute Gasteiger partial charge is 0 e. The van der Waals surface area contributed by atoms with Crippen molar-refractivity contribution in [1.29, 1.82) is 0 Å². The fourth-order valence-electron chi connectivity index (χ4n) is 0. The van der Waals surface area contributed by atoms with Crippen LogP contribution in [0.5, 0.6) is 0 Å². The molecule has 0 aliphatic heterocycles. The van der Waals surface area contributed by atoms with E-state index >= 15 is 0 Å². The number of hydrogen-bond acceptors (Lipinski definition) is 1. The summed E-state index contributed by atoms with van der Waals surface area (Å²) in [7, 11) is 0. The van der Waals surface area contributed by atoms with Gasteiger partial charge in [-0.3, -0.25) is 0 Å². The summed E-state index contributed by atoms with van der Waals surface area (Å²) < 4.78 is 23.3. The third-order valence-corrected chi connectivity index (χ3v) is 0. The predicted octanol–water partition coefficient (Wildman–Crippen LogP) is -1.62. The first-order valence-corrected chi connectivity index (χ1v) is 3.57. The molecule has 0 radical (unpaired) electrons. The molecule has 0 aliphatic carbocycles. The van der Waals surface area contributed by atoms with Crippen LogP contribution in [-0.4, -0.2) is 27.3 Å². The van der Waals surface area contributed by atoms with E-state index in [1.807, 2.05) is 0 Å². The minimum Gasteiger partial charge on any atom is 0 e. The van der Waals surface area contributed by atoms with Gasteiger partial charge in [0.25, 0.3) is 0 Å². The summed E-state index contributed by atoms with van der Waals surface area (Å²) >= 11 is -3.61. The molecule has 0 aromatic rings. The molecule has 0 fully saturated rings. The van der Waals surface area contributed by atoms with Crippen LogP contribution in [0, 0.1) is 0 Å². The maximum atomic E-state index is 8.81. The Labute approximate surface area is 57.3 Å². The van der Waals surface area contributed by atoms with Crippen molar-refractivity contribution in [2.45, 2.75) is 0 Å². The van der Waals surface area contributed by atoms with E-state index in [-0.39, 0.29) is 27.3 Å². The van der Waals surface area contributed by atoms with Gasteiger partial charge in [-0.1, -0.05) is 0 Å². The molecule has 2 N–H and O–H groups in total. The molecule has 5 heteroatoms. The van der Waals surface area contributed by atoms with Crippen LogP contribution < -0.4 is 0 Å². The van der Waals surface area contributed by atoms with Gasteiger partial charge < -0.3 is 0 Å². The van der Waals surface area contributed by atoms with Crippen LogP contribution in [0.25, 0.3) is 0 Å². The fourth-order valence-corrected chi connectivity index (χ4v) is 0. The van der Waals surface area contributed by atoms with Crippen molar-refractivity contribution in [3.63, 3.8) is 0 Å². The molecule has 0 rings (SSSR count). The van der Waals surface area contributed by atoms with Gasteiger partial charge in [0.2, 0.25) is 0 Å². The molecule has 5 heavy (non-hydrogen) atoms. The van der Waals surface area contributed by atoms with Gasteiger partial charge in [-0.15, -0.1) is 0 Å². The van der Waals surface area contributed by atoms with Gasteiger partial charge >= 0.3 is 30.4 Å². The third-order valence-electron chi connectivity index (χ3n) is 0. The van der Waals surface area contributed by atoms with E-state index in [1.54, 1.807) is 0 Å². The molecule has 28 valence electrons. The molecular formula is H2CdO3Te. The molecule has 0 aromatic heterocycles. The first kappa shape index (κ1) is 9.66. The van der Waals surface area contributed by atoms with E-state index in [2.05, 4.69) is 0 Å². The van der Waals surface area contributed by atoms with Gasteiger partial charge in [0.15, 0.2) is 0 Å². The Morgan fingerprint density at radius 2 is 1.40 bits per heavy atom. The van der Waals surface area contributed by atoms with Crippen molar-refractivity contribution in [2.24, 2.45) is 0 Å². The van der Waals surface area contributed by atoms with Gasteiger partial charge in [-0.25, -0.2) is 0 Å². The van der Waals surface area contributed by atoms with Crippen LogP contribution in [0.1, 0.15) is 0 Å². The minimum absolute atomic E-state index is 0. The zero-order chi connectivity index (χ0) is 3.58. The number of rotatable bonds is 0. The van der Waals surface area contributed by atoms with Crippen LogP contribution in [0.15, 0.2) is 0 Å². The Balaban J connectivity index is 0. The van der Waals surface area contributed by atoms with Crippen molar-refractivity contribution in [3.8, 4) is 0 Å². The molecule has 0 amide bonds. The Morgan fingerprint density at radius 1 is 1.40 bits per heavy atom. The van der Waals surface area contributed by atoms with Crippen LogP contribution in [0.3, 0.4) is 0 Å². The quantitative estimate of drug-likeness (QED) is 0.527. The standard InChI is InChI=1S/Cd.H2O3Te/c;1-4(2)3/h;(H2,1,2,3). The summed E-state index contributed by atoms with van der Waals surface area (Å²) in [5.41, 5.74) is 0. The zero-order valence-corrected chi connectivity index (χ0v) is 8.78. The summed E-state index contributed by atoms with van der Waals surface area (Å²) in [6.45, 7) is 0. The summed E-state index contributed by atoms with van der Waals surface area (Å²) in [5.74, 6) is 0. The van der Waals surface area contributed by atoms with Crippen LogP contribution in [0.4, 0.5) is 0 Å². The molecule has 0 spiro atoms. The maximum absolute atomic E-state index is 8.81. The van der Waals surface area contributed by atoms with E-state index < -0.39 is 20.4 Å². The van der Waals surface area contributed by atoms with E-state index in [1.165, 1.54) is 0 Å². The average Bonchev–Trinajstić information content (AvgIpc) is 0.811. The van der Waals surface area contributed by atoms with E-state index in [0.717, 1.165) is 0 Å². The van der Waals surface area contributed by atoms with E-state index in [4.69, 9.17) is 10.0 Å². The van der Waals surface area contributed by atoms with Crippen LogP contribution >= 0.6 is 0 Å². The van der Waals surface area contributed by atoms with Crippen LogP contribution in [0.2, 0.25) is 0 Å². The first-order valence-electron chi connectivity index (χ1n) is 0.532. The van der Waals surface area contributed by atoms with Gasteiger partial charge in [-0.2, -0.15) is 0 Å². The normalized spacial score (nSPS) is 7.00. The summed E-state index contributed by atoms with van der Waals surface area (Å²) in [6, 6.07) is 0. The Bertz CT molecular complexity index is 29.9. The molecule has 0 atom stereocenters. The predicted molar refractivity (Wildman–Crippen MR) is 10.9 cm³/mol. The molecule has 0 bridgehead atoms. The molecular weight excluding hydrogens is 288 g/mol. The van der Waals surface area contributed by atoms with Gasteiger partial charge in [0.1, 0.15) is 0 Å². The van der Waals surface area contributed by atoms with Gasteiger partial charge in [0, 0.05) is 27.3 Å². The molecule has 0 aliphatic rings. The molecule has 0 saturated carbocycles. The Hall–Kier alpha value is 1.43. The summed E-state index contributed by atoms with van der Waals surface area (Å²) in [5, 5.41) is 0. The van der Waals surface area contributed by atoms with Gasteiger partial charge in [0.05, 0.1) is 0 Å². The second-order valence-corrected chi connectivity index (χ2v) is 1.55. The van der Waals surface area contributed by atoms with E-state index in [0.29, 0.717) is 0 Å². The van der Waals surface area contributed by atoms with Crippen molar-refractivity contribution in [3.05, 3.63) is 0 Å². The zero-order valence-electron chi connectivity index (χ0n) is 2.42. The Kier molecular flexibility index (Phi) is 10.5. The molecule has 0 unspecified atom stereocenters. The number of hydrogen-bond donors (Lipinski definition) is 2. The molecule has 3 nitrogen and oxygen atoms in total.